The molecule has 0 unspecified atom stereocenters. The van der Waals surface area contributed by atoms with E-state index in [0.717, 1.165) is 23.8 Å². The fourth-order valence-corrected chi connectivity index (χ4v) is 1.87. The number of rotatable bonds is 5. The van der Waals surface area contributed by atoms with Gasteiger partial charge in [0.05, 0.1) is 6.54 Å². The number of aryl methyl sites for hydroxylation is 2. The van der Waals surface area contributed by atoms with E-state index in [1.54, 1.807) is 0 Å². The molecule has 1 aromatic carbocycles. The highest BCUT2D eigenvalue weighted by atomic mass is 16.5. The predicted molar refractivity (Wildman–Crippen MR) is 78.9 cm³/mol. The molecule has 0 saturated heterocycles. The van der Waals surface area contributed by atoms with Crippen LogP contribution < -0.4 is 9.64 Å². The number of anilines is 1. The van der Waals surface area contributed by atoms with E-state index in [2.05, 4.69) is 22.9 Å². The monoisotopic (exact) mass is 256 g/mol. The van der Waals surface area contributed by atoms with E-state index in [4.69, 9.17) is 4.74 Å². The summed E-state index contributed by atoms with van der Waals surface area (Å²) in [6, 6.07) is 14.1. The fraction of sp³-hybridized carbons (Fsp3) is 0.312. The van der Waals surface area contributed by atoms with E-state index >= 15 is 0 Å². The van der Waals surface area contributed by atoms with Gasteiger partial charge in [0.1, 0.15) is 18.2 Å². The summed E-state index contributed by atoms with van der Waals surface area (Å²) in [5.41, 5.74) is 2.20. The molecule has 19 heavy (non-hydrogen) atoms. The Morgan fingerprint density at radius 2 is 1.84 bits per heavy atom. The number of nitrogens with zero attached hydrogens (tertiary/aromatic N) is 2. The maximum atomic E-state index is 5.79. The second-order valence-electron chi connectivity index (χ2n) is 4.67. The topological polar surface area (TPSA) is 25.4 Å². The number of hydrogen-bond donors (Lipinski definition) is 0. The zero-order chi connectivity index (χ0) is 13.7. The third-order valence-corrected chi connectivity index (χ3v) is 3.04. The van der Waals surface area contributed by atoms with Crippen molar-refractivity contribution < 1.29 is 4.74 Å². The molecule has 1 aromatic heterocycles. The Labute approximate surface area is 114 Å². The summed E-state index contributed by atoms with van der Waals surface area (Å²) in [6.45, 7) is 5.52. The van der Waals surface area contributed by atoms with Gasteiger partial charge < -0.3 is 9.64 Å². The van der Waals surface area contributed by atoms with E-state index in [1.165, 1.54) is 5.56 Å². The minimum atomic E-state index is 0.650. The molecule has 2 aromatic rings. The number of ether oxygens (including phenoxy) is 1. The van der Waals surface area contributed by atoms with Crippen LogP contribution in [-0.2, 0) is 0 Å². The van der Waals surface area contributed by atoms with Gasteiger partial charge in [-0.15, -0.1) is 0 Å². The Morgan fingerprint density at radius 1 is 1.05 bits per heavy atom. The Balaban J connectivity index is 1.88. The normalized spacial score (nSPS) is 10.3. The van der Waals surface area contributed by atoms with Crippen molar-refractivity contribution in [1.82, 2.24) is 4.98 Å². The molecule has 0 aliphatic carbocycles. The van der Waals surface area contributed by atoms with E-state index in [9.17, 15) is 0 Å². The molecule has 0 N–H and O–H groups in total. The first kappa shape index (κ1) is 13.4. The molecule has 1 heterocycles. The Kier molecular flexibility index (Phi) is 4.39. The third-order valence-electron chi connectivity index (χ3n) is 3.04. The summed E-state index contributed by atoms with van der Waals surface area (Å²) in [4.78, 5) is 6.59. The molecule has 0 amide bonds. The van der Waals surface area contributed by atoms with Gasteiger partial charge >= 0.3 is 0 Å². The van der Waals surface area contributed by atoms with Gasteiger partial charge in [-0.1, -0.05) is 24.3 Å². The predicted octanol–water partition coefficient (Wildman–Crippen LogP) is 3.21. The molecule has 0 saturated carbocycles. The van der Waals surface area contributed by atoms with Crippen LogP contribution in [0.1, 0.15) is 11.3 Å². The standard InChI is InChI=1S/C16H20N2O/c1-13-7-4-5-9-15(13)19-12-11-18(3)16-10-6-8-14(2)17-16/h4-10H,11-12H2,1-3H3. The van der Waals surface area contributed by atoms with Crippen LogP contribution in [0.2, 0.25) is 0 Å². The second kappa shape index (κ2) is 6.23. The zero-order valence-corrected chi connectivity index (χ0v) is 11.8. The summed E-state index contributed by atoms with van der Waals surface area (Å²) in [7, 11) is 2.03. The van der Waals surface area contributed by atoms with Gasteiger partial charge in [-0.2, -0.15) is 0 Å². The Bertz CT molecular complexity index is 540. The van der Waals surface area contributed by atoms with Crippen LogP contribution in [0, 0.1) is 13.8 Å². The van der Waals surface area contributed by atoms with Crippen LogP contribution in [-0.4, -0.2) is 25.2 Å². The summed E-state index contributed by atoms with van der Waals surface area (Å²) in [6.07, 6.45) is 0. The lowest BCUT2D eigenvalue weighted by atomic mass is 10.2. The van der Waals surface area contributed by atoms with Crippen LogP contribution >= 0.6 is 0 Å². The molecule has 3 nitrogen and oxygen atoms in total. The van der Waals surface area contributed by atoms with Crippen molar-refractivity contribution in [3.8, 4) is 5.75 Å². The number of para-hydroxylation sites is 1. The summed E-state index contributed by atoms with van der Waals surface area (Å²) in [5.74, 6) is 1.93. The van der Waals surface area contributed by atoms with Crippen molar-refractivity contribution in [1.29, 1.82) is 0 Å². The van der Waals surface area contributed by atoms with Crippen LogP contribution in [0.25, 0.3) is 0 Å². The molecular formula is C16H20N2O. The van der Waals surface area contributed by atoms with Gasteiger partial charge in [0.2, 0.25) is 0 Å². The molecule has 100 valence electrons. The highest BCUT2D eigenvalue weighted by Crippen LogP contribution is 2.16. The lowest BCUT2D eigenvalue weighted by Gasteiger charge is -2.19. The van der Waals surface area contributed by atoms with Gasteiger partial charge in [0.15, 0.2) is 0 Å². The number of hydrogen-bond acceptors (Lipinski definition) is 3. The number of pyridine rings is 1. The number of benzene rings is 1. The van der Waals surface area contributed by atoms with Crippen molar-refractivity contribution in [2.45, 2.75) is 13.8 Å². The lowest BCUT2D eigenvalue weighted by molar-refractivity contribution is 0.323. The molecule has 2 rings (SSSR count). The highest BCUT2D eigenvalue weighted by molar-refractivity contribution is 5.38. The first-order valence-electron chi connectivity index (χ1n) is 6.50. The van der Waals surface area contributed by atoms with Crippen LogP contribution in [0.3, 0.4) is 0 Å². The maximum absolute atomic E-state index is 5.79. The fourth-order valence-electron chi connectivity index (χ4n) is 1.87. The average molecular weight is 256 g/mol. The molecule has 3 heteroatoms. The van der Waals surface area contributed by atoms with Crippen molar-refractivity contribution in [3.05, 3.63) is 53.7 Å². The molecule has 0 aliphatic heterocycles. The first-order valence-corrected chi connectivity index (χ1v) is 6.50. The van der Waals surface area contributed by atoms with Crippen molar-refractivity contribution in [2.75, 3.05) is 25.1 Å². The number of aromatic nitrogens is 1. The van der Waals surface area contributed by atoms with Crippen molar-refractivity contribution >= 4 is 5.82 Å². The Morgan fingerprint density at radius 3 is 2.58 bits per heavy atom. The molecule has 0 fully saturated rings. The molecule has 0 atom stereocenters. The molecular weight excluding hydrogens is 236 g/mol. The minimum absolute atomic E-state index is 0.650. The first-order chi connectivity index (χ1) is 9.16. The van der Waals surface area contributed by atoms with Crippen molar-refractivity contribution in [3.63, 3.8) is 0 Å². The van der Waals surface area contributed by atoms with E-state index in [1.807, 2.05) is 50.4 Å². The van der Waals surface area contributed by atoms with E-state index in [0.29, 0.717) is 6.61 Å². The lowest BCUT2D eigenvalue weighted by Crippen LogP contribution is -2.24. The molecule has 0 spiro atoms. The summed E-state index contributed by atoms with van der Waals surface area (Å²) in [5, 5.41) is 0. The maximum Gasteiger partial charge on any atom is 0.128 e. The summed E-state index contributed by atoms with van der Waals surface area (Å²) < 4.78 is 5.79. The quantitative estimate of drug-likeness (QED) is 0.821. The van der Waals surface area contributed by atoms with Crippen LogP contribution in [0.4, 0.5) is 5.82 Å². The van der Waals surface area contributed by atoms with E-state index < -0.39 is 0 Å². The minimum Gasteiger partial charge on any atom is -0.491 e. The second-order valence-corrected chi connectivity index (χ2v) is 4.67. The van der Waals surface area contributed by atoms with Gasteiger partial charge in [0, 0.05) is 12.7 Å². The molecule has 0 bridgehead atoms. The smallest absolute Gasteiger partial charge is 0.128 e. The SMILES string of the molecule is Cc1cccc(N(C)CCOc2ccccc2C)n1. The largest absolute Gasteiger partial charge is 0.491 e. The third kappa shape index (κ3) is 3.71. The van der Waals surface area contributed by atoms with Gasteiger partial charge in [-0.25, -0.2) is 4.98 Å². The summed E-state index contributed by atoms with van der Waals surface area (Å²) >= 11 is 0. The van der Waals surface area contributed by atoms with Crippen LogP contribution in [0.5, 0.6) is 5.75 Å². The average Bonchev–Trinajstić information content (AvgIpc) is 2.41. The van der Waals surface area contributed by atoms with Gasteiger partial charge in [-0.3, -0.25) is 0 Å². The van der Waals surface area contributed by atoms with Crippen molar-refractivity contribution in [2.24, 2.45) is 0 Å². The highest BCUT2D eigenvalue weighted by Gasteiger charge is 2.03. The Hall–Kier alpha value is -2.03. The number of likely N-dealkylation sites (N-methyl/N-ethyl adjacent to an activating group) is 1. The van der Waals surface area contributed by atoms with E-state index in [-0.39, 0.29) is 0 Å². The van der Waals surface area contributed by atoms with Gasteiger partial charge in [0.25, 0.3) is 0 Å². The van der Waals surface area contributed by atoms with Crippen LogP contribution in [0.15, 0.2) is 42.5 Å². The van der Waals surface area contributed by atoms with Gasteiger partial charge in [-0.05, 0) is 37.6 Å². The molecule has 0 aliphatic rings. The zero-order valence-electron chi connectivity index (χ0n) is 11.8. The molecule has 0 radical (unpaired) electrons.